The monoisotopic (exact) mass is 227 g/mol. The summed E-state index contributed by atoms with van der Waals surface area (Å²) in [4.78, 5) is 10.6. The number of phenols is 1. The van der Waals surface area contributed by atoms with Crippen molar-refractivity contribution in [2.24, 2.45) is 5.73 Å². The molecule has 0 fully saturated rings. The van der Waals surface area contributed by atoms with E-state index in [1.165, 1.54) is 25.3 Å². The maximum Gasteiger partial charge on any atom is 0.323 e. The maximum absolute atomic E-state index is 10.6. The Morgan fingerprint density at radius 3 is 2.62 bits per heavy atom. The van der Waals surface area contributed by atoms with Crippen LogP contribution in [-0.4, -0.2) is 34.4 Å². The molecule has 0 heterocycles. The SMILES string of the molecule is COc1cccc(C(O)C(N)C(=O)O)c1O. The van der Waals surface area contributed by atoms with Gasteiger partial charge < -0.3 is 25.8 Å². The van der Waals surface area contributed by atoms with Gasteiger partial charge in [-0.1, -0.05) is 12.1 Å². The first-order chi connectivity index (χ1) is 7.49. The molecule has 0 aromatic heterocycles. The molecule has 0 amide bonds. The van der Waals surface area contributed by atoms with E-state index in [4.69, 9.17) is 15.6 Å². The van der Waals surface area contributed by atoms with Crippen molar-refractivity contribution in [1.82, 2.24) is 0 Å². The van der Waals surface area contributed by atoms with Crippen LogP contribution in [0.1, 0.15) is 11.7 Å². The molecule has 2 unspecified atom stereocenters. The molecular weight excluding hydrogens is 214 g/mol. The largest absolute Gasteiger partial charge is 0.504 e. The first-order valence-electron chi connectivity index (χ1n) is 4.51. The second-order valence-corrected chi connectivity index (χ2v) is 3.21. The molecule has 6 nitrogen and oxygen atoms in total. The molecule has 1 aromatic carbocycles. The number of carboxylic acids is 1. The molecule has 0 saturated heterocycles. The Kier molecular flexibility index (Phi) is 3.70. The van der Waals surface area contributed by atoms with Crippen molar-refractivity contribution in [3.05, 3.63) is 23.8 Å². The number of aliphatic hydroxyl groups is 1. The van der Waals surface area contributed by atoms with Crippen molar-refractivity contribution >= 4 is 5.97 Å². The van der Waals surface area contributed by atoms with Gasteiger partial charge in [-0.15, -0.1) is 0 Å². The van der Waals surface area contributed by atoms with Crippen LogP contribution in [0.4, 0.5) is 0 Å². The zero-order chi connectivity index (χ0) is 12.3. The highest BCUT2D eigenvalue weighted by Crippen LogP contribution is 2.34. The number of para-hydroxylation sites is 1. The minimum atomic E-state index is -1.50. The molecule has 2 atom stereocenters. The highest BCUT2D eigenvalue weighted by molar-refractivity contribution is 5.74. The predicted octanol–water partition coefficient (Wildman–Crippen LogP) is -0.154. The number of carboxylic acid groups (broad SMARTS) is 1. The summed E-state index contributed by atoms with van der Waals surface area (Å²) in [6.07, 6.45) is -1.49. The molecule has 6 heteroatoms. The van der Waals surface area contributed by atoms with Crippen LogP contribution in [0.5, 0.6) is 11.5 Å². The van der Waals surface area contributed by atoms with Crippen molar-refractivity contribution in [1.29, 1.82) is 0 Å². The predicted molar refractivity (Wildman–Crippen MR) is 55.2 cm³/mol. The third kappa shape index (κ3) is 2.23. The third-order valence-corrected chi connectivity index (χ3v) is 2.19. The number of hydrogen-bond donors (Lipinski definition) is 4. The Morgan fingerprint density at radius 1 is 1.50 bits per heavy atom. The van der Waals surface area contributed by atoms with E-state index in [2.05, 4.69) is 0 Å². The molecule has 0 saturated carbocycles. The standard InChI is InChI=1S/C10H13NO5/c1-16-6-4-2-3-5(8(6)12)9(13)7(11)10(14)15/h2-4,7,9,12-13H,11H2,1H3,(H,14,15). The fraction of sp³-hybridized carbons (Fsp3) is 0.300. The second-order valence-electron chi connectivity index (χ2n) is 3.21. The van der Waals surface area contributed by atoms with Crippen LogP contribution in [0, 0.1) is 0 Å². The summed E-state index contributed by atoms with van der Waals surface area (Å²) in [5.41, 5.74) is 5.27. The highest BCUT2D eigenvalue weighted by Gasteiger charge is 2.26. The average Bonchev–Trinajstić information content (AvgIpc) is 2.27. The Balaban J connectivity index is 3.08. The molecule has 0 aliphatic heterocycles. The van der Waals surface area contributed by atoms with Crippen LogP contribution in [0.25, 0.3) is 0 Å². The van der Waals surface area contributed by atoms with E-state index >= 15 is 0 Å². The average molecular weight is 227 g/mol. The van der Waals surface area contributed by atoms with Crippen molar-refractivity contribution in [2.75, 3.05) is 7.11 Å². The minimum absolute atomic E-state index is 0.0225. The van der Waals surface area contributed by atoms with Crippen molar-refractivity contribution < 1.29 is 24.9 Å². The molecule has 0 spiro atoms. The van der Waals surface area contributed by atoms with Crippen LogP contribution in [0.2, 0.25) is 0 Å². The number of phenolic OH excluding ortho intramolecular Hbond substituents is 1. The van der Waals surface area contributed by atoms with Crippen LogP contribution in [-0.2, 0) is 4.79 Å². The van der Waals surface area contributed by atoms with Crippen LogP contribution < -0.4 is 10.5 Å². The van der Waals surface area contributed by atoms with Gasteiger partial charge in [-0.25, -0.2) is 0 Å². The number of aliphatic hydroxyl groups excluding tert-OH is 1. The number of methoxy groups -OCH3 is 1. The third-order valence-electron chi connectivity index (χ3n) is 2.19. The van der Waals surface area contributed by atoms with Crippen LogP contribution >= 0.6 is 0 Å². The summed E-state index contributed by atoms with van der Waals surface area (Å²) in [5.74, 6) is -1.52. The number of hydrogen-bond acceptors (Lipinski definition) is 5. The first kappa shape index (κ1) is 12.3. The van der Waals surface area contributed by atoms with Crippen LogP contribution in [0.3, 0.4) is 0 Å². The first-order valence-corrected chi connectivity index (χ1v) is 4.51. The molecule has 0 bridgehead atoms. The topological polar surface area (TPSA) is 113 Å². The van der Waals surface area contributed by atoms with E-state index in [1.54, 1.807) is 0 Å². The fourth-order valence-corrected chi connectivity index (χ4v) is 1.27. The number of ether oxygens (including phenoxy) is 1. The summed E-state index contributed by atoms with van der Waals surface area (Å²) in [6, 6.07) is 2.88. The molecule has 16 heavy (non-hydrogen) atoms. The lowest BCUT2D eigenvalue weighted by molar-refractivity contribution is -0.141. The minimum Gasteiger partial charge on any atom is -0.504 e. The number of nitrogens with two attached hydrogens (primary N) is 1. The summed E-state index contributed by atoms with van der Waals surface area (Å²) in [7, 11) is 1.35. The van der Waals surface area contributed by atoms with Gasteiger partial charge in [0.1, 0.15) is 12.1 Å². The van der Waals surface area contributed by atoms with Gasteiger partial charge in [-0.2, -0.15) is 0 Å². The van der Waals surface area contributed by atoms with E-state index in [-0.39, 0.29) is 17.1 Å². The van der Waals surface area contributed by atoms with Crippen molar-refractivity contribution in [3.63, 3.8) is 0 Å². The lowest BCUT2D eigenvalue weighted by atomic mass is 10.0. The number of aromatic hydroxyl groups is 1. The molecule has 88 valence electrons. The normalized spacial score (nSPS) is 14.2. The van der Waals surface area contributed by atoms with Gasteiger partial charge in [0.05, 0.1) is 7.11 Å². The van der Waals surface area contributed by atoms with Gasteiger partial charge in [0.2, 0.25) is 0 Å². The number of rotatable bonds is 4. The van der Waals surface area contributed by atoms with Crippen molar-refractivity contribution in [2.45, 2.75) is 12.1 Å². The maximum atomic E-state index is 10.6. The Bertz CT molecular complexity index is 393. The molecule has 5 N–H and O–H groups in total. The van der Waals surface area contributed by atoms with Gasteiger partial charge in [0, 0.05) is 5.56 Å². The molecule has 0 radical (unpaired) electrons. The zero-order valence-corrected chi connectivity index (χ0v) is 8.62. The number of carbonyl (C=O) groups is 1. The number of benzene rings is 1. The van der Waals surface area contributed by atoms with Crippen molar-refractivity contribution in [3.8, 4) is 11.5 Å². The fourth-order valence-electron chi connectivity index (χ4n) is 1.27. The Morgan fingerprint density at radius 2 is 2.12 bits per heavy atom. The van der Waals surface area contributed by atoms with Gasteiger partial charge in [0.25, 0.3) is 0 Å². The summed E-state index contributed by atoms with van der Waals surface area (Å²) < 4.78 is 4.83. The molecule has 1 rings (SSSR count). The van der Waals surface area contributed by atoms with E-state index in [0.29, 0.717) is 0 Å². The van der Waals surface area contributed by atoms with Gasteiger partial charge >= 0.3 is 5.97 Å². The summed E-state index contributed by atoms with van der Waals surface area (Å²) >= 11 is 0. The lowest BCUT2D eigenvalue weighted by Crippen LogP contribution is -2.36. The number of aliphatic carboxylic acids is 1. The van der Waals surface area contributed by atoms with Gasteiger partial charge in [0.15, 0.2) is 11.5 Å². The van der Waals surface area contributed by atoms with Gasteiger partial charge in [-0.05, 0) is 6.07 Å². The van der Waals surface area contributed by atoms with E-state index in [0.717, 1.165) is 0 Å². The molecule has 0 aliphatic rings. The molecular formula is C10H13NO5. The van der Waals surface area contributed by atoms with Gasteiger partial charge in [-0.3, -0.25) is 4.79 Å². The Labute approximate surface area is 91.9 Å². The smallest absolute Gasteiger partial charge is 0.323 e. The zero-order valence-electron chi connectivity index (χ0n) is 8.62. The highest BCUT2D eigenvalue weighted by atomic mass is 16.5. The molecule has 0 aliphatic carbocycles. The van der Waals surface area contributed by atoms with E-state index in [9.17, 15) is 15.0 Å². The second kappa shape index (κ2) is 4.82. The van der Waals surface area contributed by atoms with E-state index in [1.807, 2.05) is 0 Å². The summed E-state index contributed by atoms with van der Waals surface area (Å²) in [6.45, 7) is 0. The lowest BCUT2D eigenvalue weighted by Gasteiger charge is -2.17. The Hall–Kier alpha value is -1.79. The van der Waals surface area contributed by atoms with Crippen LogP contribution in [0.15, 0.2) is 18.2 Å². The van der Waals surface area contributed by atoms with E-state index < -0.39 is 18.1 Å². The molecule has 1 aromatic rings. The quantitative estimate of drug-likeness (QED) is 0.568. The summed E-state index contributed by atoms with van der Waals surface area (Å²) in [5, 5.41) is 27.9.